The first-order chi connectivity index (χ1) is 17.9. The number of rotatable bonds is 23. The monoisotopic (exact) mass is 532 g/mol. The van der Waals surface area contributed by atoms with Gasteiger partial charge in [0.05, 0.1) is 79.1 Å². The molecule has 37 heavy (non-hydrogen) atoms. The predicted molar refractivity (Wildman–Crippen MR) is 141 cm³/mol. The number of esters is 1. The zero-order valence-corrected chi connectivity index (χ0v) is 23.8. The van der Waals surface area contributed by atoms with E-state index in [-0.39, 0.29) is 12.4 Å². The van der Waals surface area contributed by atoms with Gasteiger partial charge in [0.15, 0.2) is 0 Å². The number of piperazine rings is 1. The highest BCUT2D eigenvalue weighted by atomic mass is 16.6. The molecule has 0 saturated carbocycles. The zero-order chi connectivity index (χ0) is 26.8. The molecule has 0 radical (unpaired) electrons. The summed E-state index contributed by atoms with van der Waals surface area (Å²) in [5.41, 5.74) is -0.457. The van der Waals surface area contributed by atoms with Crippen molar-refractivity contribution in [3.8, 4) is 0 Å². The van der Waals surface area contributed by atoms with Gasteiger partial charge in [-0.15, -0.1) is 0 Å². The Labute approximate surface area is 224 Å². The molecule has 2 heterocycles. The molecule has 10 nitrogen and oxygen atoms in total. The van der Waals surface area contributed by atoms with Crippen LogP contribution < -0.4 is 0 Å². The Morgan fingerprint density at radius 1 is 0.649 bits per heavy atom. The van der Waals surface area contributed by atoms with Crippen LogP contribution in [0.1, 0.15) is 47.0 Å². The first-order valence-corrected chi connectivity index (χ1v) is 14.1. The standard InChI is InChI=1S/C27H52N2O8/c1-5-9-31-13-15-33-11-7-28-22-25-21-24(28)23-29(25)8-12-34-16-18-36-20-19-35-17-14-32-10-6-26(30)37-27(2,3)4/h24-25H,5-23H2,1-4H3/t24-,25-/m0/s1. The summed E-state index contributed by atoms with van der Waals surface area (Å²) < 4.78 is 38.6. The molecular weight excluding hydrogens is 480 g/mol. The Bertz CT molecular complexity index is 589. The third-order valence-electron chi connectivity index (χ3n) is 6.22. The Hall–Kier alpha value is -0.850. The molecule has 2 rings (SSSR count). The third-order valence-corrected chi connectivity index (χ3v) is 6.22. The van der Waals surface area contributed by atoms with Gasteiger partial charge in [0.1, 0.15) is 5.60 Å². The number of carbonyl (C=O) groups excluding carboxylic acids is 1. The summed E-state index contributed by atoms with van der Waals surface area (Å²) in [6.45, 7) is 19.2. The third kappa shape index (κ3) is 15.4. The fourth-order valence-electron chi connectivity index (χ4n) is 4.52. The summed E-state index contributed by atoms with van der Waals surface area (Å²) >= 11 is 0. The number of hydrogen-bond acceptors (Lipinski definition) is 10. The Kier molecular flexibility index (Phi) is 16.8. The number of ether oxygens (including phenoxy) is 7. The maximum absolute atomic E-state index is 11.6. The molecule has 0 amide bonds. The summed E-state index contributed by atoms with van der Waals surface area (Å²) in [4.78, 5) is 16.7. The zero-order valence-electron chi connectivity index (χ0n) is 23.8. The molecule has 0 aromatic heterocycles. The predicted octanol–water partition coefficient (Wildman–Crippen LogP) is 1.99. The van der Waals surface area contributed by atoms with E-state index in [2.05, 4.69) is 16.7 Å². The van der Waals surface area contributed by atoms with Crippen molar-refractivity contribution in [1.82, 2.24) is 9.80 Å². The molecule has 2 fully saturated rings. The van der Waals surface area contributed by atoms with Gasteiger partial charge in [0.2, 0.25) is 0 Å². The molecular formula is C27H52N2O8. The van der Waals surface area contributed by atoms with E-state index in [0.717, 1.165) is 52.4 Å². The van der Waals surface area contributed by atoms with Crippen molar-refractivity contribution in [2.75, 3.05) is 105 Å². The molecule has 10 heteroatoms. The second kappa shape index (κ2) is 19.2. The molecule has 0 unspecified atom stereocenters. The summed E-state index contributed by atoms with van der Waals surface area (Å²) in [6, 6.07) is 1.31. The van der Waals surface area contributed by atoms with E-state index in [1.165, 1.54) is 6.42 Å². The van der Waals surface area contributed by atoms with Crippen LogP contribution in [-0.4, -0.2) is 139 Å². The second-order valence-corrected chi connectivity index (χ2v) is 10.5. The van der Waals surface area contributed by atoms with Crippen LogP contribution in [0.25, 0.3) is 0 Å². The number of hydrogen-bond donors (Lipinski definition) is 0. The van der Waals surface area contributed by atoms with Crippen LogP contribution in [0.5, 0.6) is 0 Å². The SMILES string of the molecule is CCCOCCOCCN1C[C@@H]2C[C@H]1CN2CCOCCOCCOCCOCCC(=O)OC(C)(C)C. The first kappa shape index (κ1) is 32.4. The van der Waals surface area contributed by atoms with Crippen LogP contribution in [0.4, 0.5) is 0 Å². The smallest absolute Gasteiger partial charge is 0.308 e. The fraction of sp³-hybridized carbons (Fsp3) is 0.963. The highest BCUT2D eigenvalue weighted by Crippen LogP contribution is 2.29. The number of fused-ring (bicyclic) bond motifs is 2. The number of nitrogens with zero attached hydrogens (tertiary/aromatic N) is 2. The molecule has 0 aromatic carbocycles. The van der Waals surface area contributed by atoms with Gasteiger partial charge in [-0.2, -0.15) is 0 Å². The molecule has 0 N–H and O–H groups in total. The normalized spacial score (nSPS) is 20.2. The van der Waals surface area contributed by atoms with Crippen molar-refractivity contribution in [2.45, 2.75) is 64.6 Å². The average Bonchev–Trinajstić information content (AvgIpc) is 3.43. The van der Waals surface area contributed by atoms with Gasteiger partial charge < -0.3 is 33.2 Å². The number of carbonyl (C=O) groups is 1. The molecule has 2 saturated heterocycles. The van der Waals surface area contributed by atoms with E-state index in [9.17, 15) is 4.79 Å². The molecule has 218 valence electrons. The minimum absolute atomic E-state index is 0.246. The van der Waals surface area contributed by atoms with E-state index in [1.54, 1.807) is 0 Å². The Balaban J connectivity index is 1.30. The van der Waals surface area contributed by atoms with Crippen LogP contribution in [0, 0.1) is 0 Å². The molecule has 0 spiro atoms. The minimum Gasteiger partial charge on any atom is -0.460 e. The lowest BCUT2D eigenvalue weighted by atomic mass is 10.2. The Morgan fingerprint density at radius 2 is 1.05 bits per heavy atom. The molecule has 2 aliphatic rings. The maximum Gasteiger partial charge on any atom is 0.308 e. The van der Waals surface area contributed by atoms with Gasteiger partial charge in [0, 0.05) is 44.9 Å². The highest BCUT2D eigenvalue weighted by molar-refractivity contribution is 5.69. The lowest BCUT2D eigenvalue weighted by Gasteiger charge is -2.34. The van der Waals surface area contributed by atoms with Gasteiger partial charge in [-0.05, 0) is 33.6 Å². The van der Waals surface area contributed by atoms with Crippen molar-refractivity contribution in [3.63, 3.8) is 0 Å². The van der Waals surface area contributed by atoms with Crippen molar-refractivity contribution in [2.24, 2.45) is 0 Å². The fourth-order valence-corrected chi connectivity index (χ4v) is 4.52. The first-order valence-electron chi connectivity index (χ1n) is 14.1. The molecule has 2 bridgehead atoms. The quantitative estimate of drug-likeness (QED) is 0.144. The van der Waals surface area contributed by atoms with Crippen LogP contribution >= 0.6 is 0 Å². The lowest BCUT2D eigenvalue weighted by molar-refractivity contribution is -0.156. The average molecular weight is 533 g/mol. The molecule has 0 aliphatic carbocycles. The summed E-state index contributed by atoms with van der Waals surface area (Å²) in [6.07, 6.45) is 2.57. The lowest BCUT2D eigenvalue weighted by Crippen LogP contribution is -2.48. The second-order valence-electron chi connectivity index (χ2n) is 10.5. The topological polar surface area (TPSA) is 88.2 Å². The van der Waals surface area contributed by atoms with Gasteiger partial charge >= 0.3 is 5.97 Å². The summed E-state index contributed by atoms with van der Waals surface area (Å²) in [5.74, 6) is -0.246. The van der Waals surface area contributed by atoms with E-state index in [4.69, 9.17) is 33.2 Å². The minimum atomic E-state index is -0.457. The van der Waals surface area contributed by atoms with Crippen LogP contribution in [0.15, 0.2) is 0 Å². The van der Waals surface area contributed by atoms with Gasteiger partial charge in [0.25, 0.3) is 0 Å². The largest absolute Gasteiger partial charge is 0.460 e. The molecule has 2 aliphatic heterocycles. The van der Waals surface area contributed by atoms with Crippen LogP contribution in [0.3, 0.4) is 0 Å². The van der Waals surface area contributed by atoms with Crippen molar-refractivity contribution in [1.29, 1.82) is 0 Å². The Morgan fingerprint density at radius 3 is 1.46 bits per heavy atom. The van der Waals surface area contributed by atoms with Crippen LogP contribution in [-0.2, 0) is 38.0 Å². The van der Waals surface area contributed by atoms with Crippen LogP contribution in [0.2, 0.25) is 0 Å². The molecule has 0 aromatic rings. The number of likely N-dealkylation sites (tertiary alicyclic amines) is 2. The van der Waals surface area contributed by atoms with E-state index in [0.29, 0.717) is 71.5 Å². The maximum atomic E-state index is 11.6. The van der Waals surface area contributed by atoms with Crippen molar-refractivity contribution < 1.29 is 38.0 Å². The highest BCUT2D eigenvalue weighted by Gasteiger charge is 2.42. The van der Waals surface area contributed by atoms with Crippen molar-refractivity contribution in [3.05, 3.63) is 0 Å². The molecule has 2 atom stereocenters. The van der Waals surface area contributed by atoms with E-state index < -0.39 is 5.60 Å². The summed E-state index contributed by atoms with van der Waals surface area (Å²) in [7, 11) is 0. The van der Waals surface area contributed by atoms with Crippen molar-refractivity contribution >= 4 is 5.97 Å². The van der Waals surface area contributed by atoms with E-state index >= 15 is 0 Å². The van der Waals surface area contributed by atoms with Gasteiger partial charge in [-0.25, -0.2) is 0 Å². The van der Waals surface area contributed by atoms with E-state index in [1.807, 2.05) is 20.8 Å². The summed E-state index contributed by atoms with van der Waals surface area (Å²) in [5, 5.41) is 0. The van der Waals surface area contributed by atoms with Gasteiger partial charge in [-0.1, -0.05) is 6.92 Å². The van der Waals surface area contributed by atoms with Gasteiger partial charge in [-0.3, -0.25) is 14.6 Å².